The van der Waals surface area contributed by atoms with E-state index in [1.807, 2.05) is 50.2 Å². The average molecular weight is 377 g/mol. The number of benzene rings is 2. The molecular formula is C21H19N3O2S. The van der Waals surface area contributed by atoms with Crippen LogP contribution in [0.2, 0.25) is 0 Å². The second-order valence-electron chi connectivity index (χ2n) is 6.13. The molecule has 136 valence electrons. The Morgan fingerprint density at radius 1 is 1.19 bits per heavy atom. The van der Waals surface area contributed by atoms with E-state index in [1.165, 1.54) is 11.8 Å². The number of thioether (sulfide) groups is 1. The number of ether oxygens (including phenoxy) is 1. The molecule has 3 rings (SSSR count). The third-order valence-electron chi connectivity index (χ3n) is 3.98. The highest BCUT2D eigenvalue weighted by Gasteiger charge is 2.32. The number of anilines is 1. The third kappa shape index (κ3) is 4.21. The van der Waals surface area contributed by atoms with Crippen molar-refractivity contribution in [2.24, 2.45) is 4.99 Å². The number of hydrogen-bond donors (Lipinski definition) is 0. The van der Waals surface area contributed by atoms with E-state index < -0.39 is 0 Å². The van der Waals surface area contributed by atoms with Gasteiger partial charge >= 0.3 is 0 Å². The van der Waals surface area contributed by atoms with Gasteiger partial charge in [0.25, 0.3) is 5.91 Å². The molecule has 0 fully saturated rings. The Bertz CT molecular complexity index is 952. The van der Waals surface area contributed by atoms with Crippen LogP contribution >= 0.6 is 11.8 Å². The summed E-state index contributed by atoms with van der Waals surface area (Å²) in [4.78, 5) is 19.1. The van der Waals surface area contributed by atoms with Crippen LogP contribution in [0.25, 0.3) is 6.08 Å². The van der Waals surface area contributed by atoms with Crippen molar-refractivity contribution in [3.8, 4) is 11.8 Å². The fourth-order valence-electron chi connectivity index (χ4n) is 2.86. The molecule has 0 unspecified atom stereocenters. The highest BCUT2D eigenvalue weighted by molar-refractivity contribution is 8.14. The van der Waals surface area contributed by atoms with Gasteiger partial charge in [0.2, 0.25) is 0 Å². The number of methoxy groups -OCH3 is 1. The fraction of sp³-hybridized carbons (Fsp3) is 0.190. The quantitative estimate of drug-likeness (QED) is 0.745. The number of aliphatic imine (C=N–C) groups is 1. The van der Waals surface area contributed by atoms with Crippen LogP contribution in [-0.4, -0.2) is 23.9 Å². The second kappa shape index (κ2) is 8.11. The molecule has 0 radical (unpaired) electrons. The number of rotatable bonds is 4. The monoisotopic (exact) mass is 377 g/mol. The summed E-state index contributed by atoms with van der Waals surface area (Å²) in [6.45, 7) is 3.98. The van der Waals surface area contributed by atoms with E-state index in [9.17, 15) is 4.79 Å². The molecule has 0 N–H and O–H groups in total. The summed E-state index contributed by atoms with van der Waals surface area (Å²) < 4.78 is 5.16. The van der Waals surface area contributed by atoms with Gasteiger partial charge in [0.05, 0.1) is 24.6 Å². The van der Waals surface area contributed by atoms with Crippen LogP contribution in [0.15, 0.2) is 53.2 Å². The SMILES string of the molecule is COc1ccc(C=C2N=C(SCC#N)N(c3cc(C)cc(C)c3)C2=O)cc1. The molecule has 2 aromatic rings. The number of carbonyl (C=O) groups excluding carboxylic acids is 1. The predicted octanol–water partition coefficient (Wildman–Crippen LogP) is 4.31. The van der Waals surface area contributed by atoms with Gasteiger partial charge in [-0.25, -0.2) is 4.99 Å². The van der Waals surface area contributed by atoms with Gasteiger partial charge in [0.15, 0.2) is 5.17 Å². The molecule has 5 nitrogen and oxygen atoms in total. The normalized spacial score (nSPS) is 15.0. The first-order valence-corrected chi connectivity index (χ1v) is 9.37. The zero-order valence-corrected chi connectivity index (χ0v) is 16.2. The number of carbonyl (C=O) groups is 1. The van der Waals surface area contributed by atoms with Crippen molar-refractivity contribution in [1.82, 2.24) is 0 Å². The van der Waals surface area contributed by atoms with Crippen LogP contribution < -0.4 is 9.64 Å². The van der Waals surface area contributed by atoms with E-state index >= 15 is 0 Å². The maximum Gasteiger partial charge on any atom is 0.283 e. The van der Waals surface area contributed by atoms with Crippen LogP contribution in [0, 0.1) is 25.2 Å². The topological polar surface area (TPSA) is 65.7 Å². The first kappa shape index (κ1) is 18.7. The van der Waals surface area contributed by atoms with Gasteiger partial charge < -0.3 is 4.74 Å². The lowest BCUT2D eigenvalue weighted by Gasteiger charge is -2.18. The van der Waals surface area contributed by atoms with E-state index in [0.29, 0.717) is 10.9 Å². The minimum absolute atomic E-state index is 0.198. The number of amides is 1. The van der Waals surface area contributed by atoms with Gasteiger partial charge in [-0.2, -0.15) is 5.26 Å². The molecule has 1 aliphatic rings. The number of amidine groups is 1. The molecule has 27 heavy (non-hydrogen) atoms. The molecule has 1 amide bonds. The zero-order chi connectivity index (χ0) is 19.4. The first-order valence-electron chi connectivity index (χ1n) is 8.39. The number of hydrogen-bond acceptors (Lipinski definition) is 5. The minimum Gasteiger partial charge on any atom is -0.497 e. The van der Waals surface area contributed by atoms with Crippen LogP contribution in [-0.2, 0) is 4.79 Å². The molecule has 0 saturated heterocycles. The molecular weight excluding hydrogens is 358 g/mol. The Morgan fingerprint density at radius 2 is 1.85 bits per heavy atom. The predicted molar refractivity (Wildman–Crippen MR) is 110 cm³/mol. The van der Waals surface area contributed by atoms with Crippen LogP contribution in [0.3, 0.4) is 0 Å². The van der Waals surface area contributed by atoms with Crippen LogP contribution in [0.5, 0.6) is 5.75 Å². The van der Waals surface area contributed by atoms with Crippen molar-refractivity contribution in [1.29, 1.82) is 5.26 Å². The summed E-state index contributed by atoms with van der Waals surface area (Å²) in [5.74, 6) is 0.778. The summed E-state index contributed by atoms with van der Waals surface area (Å²) in [6.07, 6.45) is 1.75. The van der Waals surface area contributed by atoms with Gasteiger partial charge in [0, 0.05) is 0 Å². The van der Waals surface area contributed by atoms with Gasteiger partial charge in [-0.3, -0.25) is 9.69 Å². The zero-order valence-electron chi connectivity index (χ0n) is 15.4. The molecule has 0 aromatic heterocycles. The van der Waals surface area contributed by atoms with Crippen molar-refractivity contribution in [3.05, 3.63) is 64.9 Å². The highest BCUT2D eigenvalue weighted by Crippen LogP contribution is 2.30. The van der Waals surface area contributed by atoms with Crippen molar-refractivity contribution in [2.75, 3.05) is 17.8 Å². The molecule has 2 aromatic carbocycles. The third-order valence-corrected chi connectivity index (χ3v) is 4.78. The van der Waals surface area contributed by atoms with Crippen molar-refractivity contribution in [2.45, 2.75) is 13.8 Å². The van der Waals surface area contributed by atoms with Gasteiger partial charge in [-0.05, 0) is 60.9 Å². The molecule has 0 spiro atoms. The summed E-state index contributed by atoms with van der Waals surface area (Å²) in [5.41, 5.74) is 4.10. The standard InChI is InChI=1S/C21H19N3O2S/c1-14-10-15(2)12-17(11-14)24-20(25)19(23-21(24)27-9-8-22)13-16-4-6-18(26-3)7-5-16/h4-7,10-13H,9H2,1-3H3. The number of nitrogens with zero attached hydrogens (tertiary/aromatic N) is 3. The van der Waals surface area contributed by atoms with Gasteiger partial charge in [-0.15, -0.1) is 0 Å². The summed E-state index contributed by atoms with van der Waals surface area (Å²) in [7, 11) is 1.61. The molecule has 1 heterocycles. The van der Waals surface area contributed by atoms with Crippen LogP contribution in [0.4, 0.5) is 5.69 Å². The van der Waals surface area contributed by atoms with E-state index in [4.69, 9.17) is 10.00 Å². The van der Waals surface area contributed by atoms with E-state index in [1.54, 1.807) is 18.1 Å². The summed E-state index contributed by atoms with van der Waals surface area (Å²) >= 11 is 1.26. The smallest absolute Gasteiger partial charge is 0.283 e. The molecule has 0 saturated carbocycles. The Kier molecular flexibility index (Phi) is 5.63. The average Bonchev–Trinajstić information content (AvgIpc) is 2.95. The van der Waals surface area contributed by atoms with E-state index in [2.05, 4.69) is 17.1 Å². The maximum absolute atomic E-state index is 13.1. The molecule has 1 aliphatic heterocycles. The molecule has 0 aliphatic carbocycles. The Hall–Kier alpha value is -3.04. The number of aryl methyl sites for hydroxylation is 2. The Balaban J connectivity index is 1.99. The lowest BCUT2D eigenvalue weighted by molar-refractivity contribution is -0.113. The molecule has 0 bridgehead atoms. The van der Waals surface area contributed by atoms with E-state index in [0.717, 1.165) is 28.1 Å². The molecule has 6 heteroatoms. The summed E-state index contributed by atoms with van der Waals surface area (Å²) in [5, 5.41) is 9.45. The molecule has 0 atom stereocenters. The van der Waals surface area contributed by atoms with Crippen molar-refractivity contribution < 1.29 is 9.53 Å². The number of nitriles is 1. The Labute approximate surface area is 163 Å². The fourth-order valence-corrected chi connectivity index (χ4v) is 3.53. The van der Waals surface area contributed by atoms with Crippen molar-refractivity contribution in [3.63, 3.8) is 0 Å². The highest BCUT2D eigenvalue weighted by atomic mass is 32.2. The van der Waals surface area contributed by atoms with Gasteiger partial charge in [0.1, 0.15) is 11.4 Å². The largest absolute Gasteiger partial charge is 0.497 e. The minimum atomic E-state index is -0.198. The maximum atomic E-state index is 13.1. The Morgan fingerprint density at radius 3 is 2.44 bits per heavy atom. The second-order valence-corrected chi connectivity index (χ2v) is 7.07. The first-order chi connectivity index (χ1) is 13.0. The lowest BCUT2D eigenvalue weighted by Crippen LogP contribution is -2.30. The van der Waals surface area contributed by atoms with Crippen molar-refractivity contribution >= 4 is 34.6 Å². The lowest BCUT2D eigenvalue weighted by atomic mass is 10.1. The van der Waals surface area contributed by atoms with E-state index in [-0.39, 0.29) is 11.7 Å². The van der Waals surface area contributed by atoms with Gasteiger partial charge in [-0.1, -0.05) is 30.0 Å². The van der Waals surface area contributed by atoms with Crippen LogP contribution in [0.1, 0.15) is 16.7 Å². The summed E-state index contributed by atoms with van der Waals surface area (Å²) in [6, 6.07) is 15.5.